The van der Waals surface area contributed by atoms with E-state index in [0.29, 0.717) is 24.5 Å². The molecule has 3 aromatic carbocycles. The molecule has 0 bridgehead atoms. The van der Waals surface area contributed by atoms with E-state index in [9.17, 15) is 9.59 Å². The summed E-state index contributed by atoms with van der Waals surface area (Å²) in [5, 5.41) is 2.89. The average molecular weight is 461 g/mol. The molecule has 1 unspecified atom stereocenters. The van der Waals surface area contributed by atoms with Crippen molar-refractivity contribution in [3.63, 3.8) is 0 Å². The summed E-state index contributed by atoms with van der Waals surface area (Å²) in [6.45, 7) is 4.40. The second-order valence-electron chi connectivity index (χ2n) is 8.08. The van der Waals surface area contributed by atoms with Gasteiger partial charge in [-0.05, 0) is 54.8 Å². The lowest BCUT2D eigenvalue weighted by molar-refractivity contribution is -0.142. The summed E-state index contributed by atoms with van der Waals surface area (Å²) in [4.78, 5) is 28.2. The second-order valence-corrected chi connectivity index (χ2v) is 8.08. The van der Waals surface area contributed by atoms with Crippen LogP contribution in [0.1, 0.15) is 23.6 Å². The minimum Gasteiger partial charge on any atom is -0.497 e. The van der Waals surface area contributed by atoms with Crippen molar-refractivity contribution in [3.05, 3.63) is 95.6 Å². The van der Waals surface area contributed by atoms with Gasteiger partial charge in [-0.1, -0.05) is 54.6 Å². The number of likely N-dealkylation sites (N-methyl/N-ethyl adjacent to an activating group) is 1. The summed E-state index contributed by atoms with van der Waals surface area (Å²) in [5.74, 6) is 0.848. The van der Waals surface area contributed by atoms with E-state index in [1.807, 2.05) is 92.7 Å². The van der Waals surface area contributed by atoms with Gasteiger partial charge < -0.3 is 19.7 Å². The maximum absolute atomic E-state index is 13.5. The van der Waals surface area contributed by atoms with Crippen LogP contribution in [0.15, 0.2) is 78.9 Å². The van der Waals surface area contributed by atoms with Crippen molar-refractivity contribution in [2.75, 3.05) is 20.3 Å². The third kappa shape index (κ3) is 7.10. The van der Waals surface area contributed by atoms with Gasteiger partial charge in [-0.15, -0.1) is 0 Å². The highest BCUT2D eigenvalue weighted by Gasteiger charge is 2.30. The molecular weight excluding hydrogens is 428 g/mol. The molecule has 1 atom stereocenters. The lowest BCUT2D eigenvalue weighted by Gasteiger charge is -2.31. The molecule has 0 saturated heterocycles. The summed E-state index contributed by atoms with van der Waals surface area (Å²) in [6, 6.07) is 24.1. The Bertz CT molecular complexity index is 1080. The summed E-state index contributed by atoms with van der Waals surface area (Å²) >= 11 is 0. The highest BCUT2D eigenvalue weighted by atomic mass is 16.5. The maximum Gasteiger partial charge on any atom is 0.261 e. The van der Waals surface area contributed by atoms with Crippen LogP contribution in [0, 0.1) is 6.92 Å². The Morgan fingerprint density at radius 1 is 0.912 bits per heavy atom. The van der Waals surface area contributed by atoms with Gasteiger partial charge in [-0.3, -0.25) is 9.59 Å². The third-order valence-corrected chi connectivity index (χ3v) is 5.46. The van der Waals surface area contributed by atoms with E-state index in [1.165, 1.54) is 0 Å². The highest BCUT2D eigenvalue weighted by Crippen LogP contribution is 2.19. The number of nitrogens with zero attached hydrogens (tertiary/aromatic N) is 1. The molecule has 0 aliphatic heterocycles. The number of benzene rings is 3. The van der Waals surface area contributed by atoms with E-state index in [-0.39, 0.29) is 25.0 Å². The van der Waals surface area contributed by atoms with Crippen LogP contribution < -0.4 is 14.8 Å². The molecule has 0 saturated carbocycles. The van der Waals surface area contributed by atoms with Crippen molar-refractivity contribution >= 4 is 11.8 Å². The predicted molar refractivity (Wildman–Crippen MR) is 133 cm³/mol. The Hall–Kier alpha value is -3.80. The van der Waals surface area contributed by atoms with E-state index >= 15 is 0 Å². The van der Waals surface area contributed by atoms with Crippen LogP contribution in [0.3, 0.4) is 0 Å². The van der Waals surface area contributed by atoms with Gasteiger partial charge in [0.2, 0.25) is 5.91 Å². The van der Waals surface area contributed by atoms with Crippen LogP contribution in [0.25, 0.3) is 0 Å². The number of hydrogen-bond acceptors (Lipinski definition) is 4. The first-order valence-electron chi connectivity index (χ1n) is 11.4. The highest BCUT2D eigenvalue weighted by molar-refractivity contribution is 5.88. The molecule has 0 radical (unpaired) electrons. The first-order valence-corrected chi connectivity index (χ1v) is 11.4. The van der Waals surface area contributed by atoms with Crippen LogP contribution in [0.4, 0.5) is 0 Å². The fourth-order valence-electron chi connectivity index (χ4n) is 3.75. The van der Waals surface area contributed by atoms with E-state index < -0.39 is 6.04 Å². The van der Waals surface area contributed by atoms with Crippen molar-refractivity contribution in [1.82, 2.24) is 10.2 Å². The fourth-order valence-corrected chi connectivity index (χ4v) is 3.75. The van der Waals surface area contributed by atoms with E-state index in [1.54, 1.807) is 12.0 Å². The van der Waals surface area contributed by atoms with Gasteiger partial charge in [0.25, 0.3) is 5.91 Å². The Morgan fingerprint density at radius 3 is 2.32 bits per heavy atom. The molecule has 3 rings (SSSR count). The number of nitrogens with one attached hydrogen (secondary N) is 1. The Labute approximate surface area is 201 Å². The van der Waals surface area contributed by atoms with Crippen LogP contribution in [-0.2, 0) is 22.6 Å². The van der Waals surface area contributed by atoms with Gasteiger partial charge in [0.1, 0.15) is 17.5 Å². The van der Waals surface area contributed by atoms with Crippen molar-refractivity contribution in [2.45, 2.75) is 32.9 Å². The number of amides is 2. The first-order chi connectivity index (χ1) is 16.5. The topological polar surface area (TPSA) is 67.9 Å². The normalized spacial score (nSPS) is 11.4. The quantitative estimate of drug-likeness (QED) is 0.467. The summed E-state index contributed by atoms with van der Waals surface area (Å²) in [7, 11) is 1.60. The number of rotatable bonds is 11. The number of ether oxygens (including phenoxy) is 2. The minimum atomic E-state index is -0.692. The number of hydrogen-bond donors (Lipinski definition) is 1. The van der Waals surface area contributed by atoms with Crippen LogP contribution in [-0.4, -0.2) is 43.0 Å². The molecule has 0 heterocycles. The van der Waals surface area contributed by atoms with Crippen molar-refractivity contribution in [2.24, 2.45) is 0 Å². The Kier molecular flexibility index (Phi) is 9.09. The molecule has 34 heavy (non-hydrogen) atoms. The lowest BCUT2D eigenvalue weighted by atomic mass is 10.0. The van der Waals surface area contributed by atoms with E-state index in [4.69, 9.17) is 9.47 Å². The number of carbonyl (C=O) groups is 2. The molecule has 1 N–H and O–H groups in total. The van der Waals surface area contributed by atoms with E-state index in [0.717, 1.165) is 16.7 Å². The number of carbonyl (C=O) groups excluding carboxylic acids is 2. The first kappa shape index (κ1) is 24.8. The molecule has 0 fully saturated rings. The lowest BCUT2D eigenvalue weighted by Crippen LogP contribution is -2.51. The SMILES string of the molecule is CCNC(=O)C(Cc1ccccc1)N(Cc1cccc(OC)c1)C(=O)COc1cccc(C)c1. The molecule has 3 aromatic rings. The minimum absolute atomic E-state index is 0.169. The van der Waals surface area contributed by atoms with Gasteiger partial charge >= 0.3 is 0 Å². The van der Waals surface area contributed by atoms with Gasteiger partial charge in [0, 0.05) is 19.5 Å². The third-order valence-electron chi connectivity index (χ3n) is 5.46. The molecule has 6 nitrogen and oxygen atoms in total. The zero-order valence-corrected chi connectivity index (χ0v) is 20.0. The molecule has 0 spiro atoms. The molecule has 0 aliphatic carbocycles. The second kappa shape index (κ2) is 12.4. The zero-order chi connectivity index (χ0) is 24.3. The Morgan fingerprint density at radius 2 is 1.62 bits per heavy atom. The number of aryl methyl sites for hydroxylation is 1. The maximum atomic E-state index is 13.5. The van der Waals surface area contributed by atoms with Crippen molar-refractivity contribution in [1.29, 1.82) is 0 Å². The summed E-state index contributed by atoms with van der Waals surface area (Å²) in [5.41, 5.74) is 2.88. The zero-order valence-electron chi connectivity index (χ0n) is 20.0. The summed E-state index contributed by atoms with van der Waals surface area (Å²) < 4.78 is 11.2. The van der Waals surface area contributed by atoms with Crippen LogP contribution in [0.5, 0.6) is 11.5 Å². The average Bonchev–Trinajstić information content (AvgIpc) is 2.85. The number of methoxy groups -OCH3 is 1. The molecule has 6 heteroatoms. The van der Waals surface area contributed by atoms with Gasteiger partial charge in [-0.2, -0.15) is 0 Å². The van der Waals surface area contributed by atoms with Gasteiger partial charge in [-0.25, -0.2) is 0 Å². The van der Waals surface area contributed by atoms with Crippen LogP contribution >= 0.6 is 0 Å². The van der Waals surface area contributed by atoms with E-state index in [2.05, 4.69) is 5.32 Å². The molecule has 0 aliphatic rings. The summed E-state index contributed by atoms with van der Waals surface area (Å²) in [6.07, 6.45) is 0.396. The van der Waals surface area contributed by atoms with Gasteiger partial charge in [0.15, 0.2) is 6.61 Å². The molecule has 2 amide bonds. The van der Waals surface area contributed by atoms with Gasteiger partial charge in [0.05, 0.1) is 7.11 Å². The Balaban J connectivity index is 1.90. The monoisotopic (exact) mass is 460 g/mol. The largest absolute Gasteiger partial charge is 0.497 e. The predicted octanol–water partition coefficient (Wildman–Crippen LogP) is 4.16. The fraction of sp³-hybridized carbons (Fsp3) is 0.286. The van der Waals surface area contributed by atoms with Crippen molar-refractivity contribution < 1.29 is 19.1 Å². The smallest absolute Gasteiger partial charge is 0.261 e. The molecule has 0 aromatic heterocycles. The standard InChI is InChI=1S/C28H32N2O4/c1-4-29-28(32)26(18-22-11-6-5-7-12-22)30(19-23-13-9-14-24(17-23)33-3)27(31)20-34-25-15-8-10-21(2)16-25/h5-17,26H,4,18-20H2,1-3H3,(H,29,32). The van der Waals surface area contributed by atoms with Crippen LogP contribution in [0.2, 0.25) is 0 Å². The van der Waals surface area contributed by atoms with Crippen molar-refractivity contribution in [3.8, 4) is 11.5 Å². The molecule has 178 valence electrons. The molecular formula is C28H32N2O4.